The van der Waals surface area contributed by atoms with Crippen molar-refractivity contribution in [2.45, 2.75) is 12.3 Å². The van der Waals surface area contributed by atoms with Crippen molar-refractivity contribution in [3.63, 3.8) is 0 Å². The Balaban J connectivity index is 1.32. The van der Waals surface area contributed by atoms with E-state index in [2.05, 4.69) is 56.6 Å². The van der Waals surface area contributed by atoms with E-state index in [4.69, 9.17) is 4.74 Å². The van der Waals surface area contributed by atoms with Gasteiger partial charge in [-0.2, -0.15) is 0 Å². The van der Waals surface area contributed by atoms with Gasteiger partial charge in [-0.1, -0.05) is 53.8 Å². The van der Waals surface area contributed by atoms with Gasteiger partial charge >= 0.3 is 6.03 Å². The van der Waals surface area contributed by atoms with Crippen LogP contribution in [-0.2, 0) is 4.74 Å². The van der Waals surface area contributed by atoms with Crippen LogP contribution >= 0.6 is 11.3 Å². The molecule has 4 aromatic rings. The number of fused-ring (bicyclic) bond motifs is 1. The van der Waals surface area contributed by atoms with Gasteiger partial charge in [-0.25, -0.2) is 9.78 Å². The molecule has 2 aromatic heterocycles. The van der Waals surface area contributed by atoms with E-state index in [0.717, 1.165) is 49.5 Å². The number of morpholine rings is 1. The Morgan fingerprint density at radius 1 is 0.972 bits per heavy atom. The van der Waals surface area contributed by atoms with E-state index < -0.39 is 0 Å². The molecule has 0 spiro atoms. The summed E-state index contributed by atoms with van der Waals surface area (Å²) in [5.74, 6) is 0.176. The number of carbonyl (C=O) groups excluding carboxylic acids is 1. The SMILES string of the molecule is O=C(Nc1nc2ccccc2s1)N(CCC(c1ccccc1)c1ccncc1)CCN1CCOCC1. The van der Waals surface area contributed by atoms with E-state index in [0.29, 0.717) is 18.2 Å². The summed E-state index contributed by atoms with van der Waals surface area (Å²) in [6.45, 7) is 5.39. The highest BCUT2D eigenvalue weighted by Gasteiger charge is 2.21. The summed E-state index contributed by atoms with van der Waals surface area (Å²) in [4.78, 5) is 26.6. The minimum atomic E-state index is -0.108. The lowest BCUT2D eigenvalue weighted by molar-refractivity contribution is 0.0351. The molecule has 36 heavy (non-hydrogen) atoms. The molecule has 1 aliphatic rings. The number of amides is 2. The number of para-hydroxylation sites is 1. The Bertz CT molecular complexity index is 1170. The number of benzene rings is 2. The molecule has 186 valence electrons. The number of pyridine rings is 1. The third-order valence-electron chi connectivity index (χ3n) is 6.58. The summed E-state index contributed by atoms with van der Waals surface area (Å²) >= 11 is 1.50. The highest BCUT2D eigenvalue weighted by molar-refractivity contribution is 7.22. The molecule has 1 saturated heterocycles. The molecule has 0 aliphatic carbocycles. The summed E-state index contributed by atoms with van der Waals surface area (Å²) in [6, 6.07) is 22.5. The van der Waals surface area contributed by atoms with Crippen LogP contribution in [0.1, 0.15) is 23.5 Å². The number of carbonyl (C=O) groups is 1. The van der Waals surface area contributed by atoms with Crippen molar-refractivity contribution in [2.75, 3.05) is 51.3 Å². The van der Waals surface area contributed by atoms with Gasteiger partial charge in [0.1, 0.15) is 0 Å². The largest absolute Gasteiger partial charge is 0.379 e. The fourth-order valence-corrected chi connectivity index (χ4v) is 5.45. The van der Waals surface area contributed by atoms with Crippen molar-refractivity contribution < 1.29 is 9.53 Å². The third-order valence-corrected chi connectivity index (χ3v) is 7.53. The van der Waals surface area contributed by atoms with E-state index >= 15 is 0 Å². The molecule has 2 amide bonds. The lowest BCUT2D eigenvalue weighted by Gasteiger charge is -2.31. The van der Waals surface area contributed by atoms with Crippen LogP contribution in [0.5, 0.6) is 0 Å². The maximum atomic E-state index is 13.5. The molecule has 0 saturated carbocycles. The molecule has 8 heteroatoms. The maximum absolute atomic E-state index is 13.5. The van der Waals surface area contributed by atoms with E-state index in [1.54, 1.807) is 0 Å². The number of hydrogen-bond acceptors (Lipinski definition) is 6. The molecule has 0 bridgehead atoms. The quantitative estimate of drug-likeness (QED) is 0.346. The van der Waals surface area contributed by atoms with E-state index in [-0.39, 0.29) is 11.9 Å². The van der Waals surface area contributed by atoms with E-state index in [9.17, 15) is 4.79 Å². The minimum Gasteiger partial charge on any atom is -0.379 e. The van der Waals surface area contributed by atoms with Crippen LogP contribution in [0.25, 0.3) is 10.2 Å². The van der Waals surface area contributed by atoms with E-state index in [1.807, 2.05) is 47.6 Å². The first-order chi connectivity index (χ1) is 17.8. The van der Waals surface area contributed by atoms with Gasteiger partial charge in [-0.05, 0) is 41.8 Å². The number of nitrogens with zero attached hydrogens (tertiary/aromatic N) is 4. The number of anilines is 1. The molecule has 1 fully saturated rings. The zero-order chi connectivity index (χ0) is 24.6. The average molecular weight is 502 g/mol. The Labute approximate surface area is 215 Å². The van der Waals surface area contributed by atoms with Gasteiger partial charge in [0, 0.05) is 51.0 Å². The van der Waals surface area contributed by atoms with Crippen LogP contribution in [0.2, 0.25) is 0 Å². The third kappa shape index (κ3) is 6.26. The Hall–Kier alpha value is -3.33. The molecule has 3 heterocycles. The summed E-state index contributed by atoms with van der Waals surface area (Å²) in [5, 5.41) is 3.69. The minimum absolute atomic E-state index is 0.108. The number of ether oxygens (including phenoxy) is 1. The second kappa shape index (κ2) is 12.1. The molecular weight excluding hydrogens is 470 g/mol. The first-order valence-corrected chi connectivity index (χ1v) is 13.2. The van der Waals surface area contributed by atoms with Crippen LogP contribution in [0.4, 0.5) is 9.93 Å². The van der Waals surface area contributed by atoms with Gasteiger partial charge in [-0.15, -0.1) is 0 Å². The molecule has 1 aliphatic heterocycles. The Morgan fingerprint density at radius 3 is 2.47 bits per heavy atom. The molecule has 1 unspecified atom stereocenters. The first kappa shape index (κ1) is 24.4. The lowest BCUT2D eigenvalue weighted by atomic mass is 9.89. The van der Waals surface area contributed by atoms with Crippen molar-refractivity contribution in [3.05, 3.63) is 90.3 Å². The van der Waals surface area contributed by atoms with Gasteiger partial charge < -0.3 is 9.64 Å². The van der Waals surface area contributed by atoms with Crippen LogP contribution in [0, 0.1) is 0 Å². The predicted octanol–water partition coefficient (Wildman–Crippen LogP) is 5.08. The normalized spacial score (nSPS) is 15.0. The molecule has 1 N–H and O–H groups in total. The lowest BCUT2D eigenvalue weighted by Crippen LogP contribution is -2.44. The van der Waals surface area contributed by atoms with Crippen molar-refractivity contribution in [1.29, 1.82) is 0 Å². The molecule has 5 rings (SSSR count). The predicted molar refractivity (Wildman–Crippen MR) is 145 cm³/mol. The average Bonchev–Trinajstić information content (AvgIpc) is 3.34. The summed E-state index contributed by atoms with van der Waals surface area (Å²) in [6.07, 6.45) is 4.48. The zero-order valence-corrected chi connectivity index (χ0v) is 21.1. The van der Waals surface area contributed by atoms with Crippen molar-refractivity contribution in [2.24, 2.45) is 0 Å². The molecule has 2 aromatic carbocycles. The van der Waals surface area contributed by atoms with Crippen LogP contribution in [-0.4, -0.2) is 71.7 Å². The monoisotopic (exact) mass is 501 g/mol. The van der Waals surface area contributed by atoms with Crippen LogP contribution in [0.15, 0.2) is 79.1 Å². The zero-order valence-electron chi connectivity index (χ0n) is 20.3. The highest BCUT2D eigenvalue weighted by Crippen LogP contribution is 2.29. The number of thiazole rings is 1. The maximum Gasteiger partial charge on any atom is 0.323 e. The number of urea groups is 1. The Morgan fingerprint density at radius 2 is 1.69 bits per heavy atom. The molecule has 7 nitrogen and oxygen atoms in total. The van der Waals surface area contributed by atoms with Gasteiger partial charge in [0.25, 0.3) is 0 Å². The van der Waals surface area contributed by atoms with Gasteiger partial charge in [0.15, 0.2) is 5.13 Å². The van der Waals surface area contributed by atoms with Crippen molar-refractivity contribution in [1.82, 2.24) is 19.8 Å². The van der Waals surface area contributed by atoms with Gasteiger partial charge in [0.2, 0.25) is 0 Å². The number of aromatic nitrogens is 2. The van der Waals surface area contributed by atoms with Crippen LogP contribution < -0.4 is 5.32 Å². The molecular formula is C28H31N5O2S. The smallest absolute Gasteiger partial charge is 0.323 e. The fourth-order valence-electron chi connectivity index (χ4n) is 4.59. The van der Waals surface area contributed by atoms with Crippen LogP contribution in [0.3, 0.4) is 0 Å². The summed E-state index contributed by atoms with van der Waals surface area (Å²) < 4.78 is 6.56. The van der Waals surface area contributed by atoms with Crippen molar-refractivity contribution in [3.8, 4) is 0 Å². The fraction of sp³-hybridized carbons (Fsp3) is 0.321. The summed E-state index contributed by atoms with van der Waals surface area (Å²) in [7, 11) is 0. The second-order valence-corrected chi connectivity index (χ2v) is 9.92. The van der Waals surface area contributed by atoms with Gasteiger partial charge in [0.05, 0.1) is 23.4 Å². The standard InChI is InChI=1S/C28H31N5O2S/c34-28(31-27-30-25-8-4-5-9-26(25)36-27)33(17-16-32-18-20-35-21-19-32)15-12-24(22-6-2-1-3-7-22)23-10-13-29-14-11-23/h1-11,13-14,24H,12,15-21H2,(H,30,31,34). The number of nitrogens with one attached hydrogen (secondary N) is 1. The first-order valence-electron chi connectivity index (χ1n) is 12.4. The highest BCUT2D eigenvalue weighted by atomic mass is 32.1. The second-order valence-electron chi connectivity index (χ2n) is 8.89. The number of rotatable bonds is 9. The molecule has 1 atom stereocenters. The Kier molecular flexibility index (Phi) is 8.17. The van der Waals surface area contributed by atoms with Crippen molar-refractivity contribution >= 4 is 32.7 Å². The van der Waals surface area contributed by atoms with Gasteiger partial charge in [-0.3, -0.25) is 15.2 Å². The van der Waals surface area contributed by atoms with E-state index in [1.165, 1.54) is 22.5 Å². The number of hydrogen-bond donors (Lipinski definition) is 1. The topological polar surface area (TPSA) is 70.6 Å². The molecule has 0 radical (unpaired) electrons. The summed E-state index contributed by atoms with van der Waals surface area (Å²) in [5.41, 5.74) is 3.35.